The smallest absolute Gasteiger partial charge is 0.220 e. The first-order chi connectivity index (χ1) is 10.3. The van der Waals surface area contributed by atoms with E-state index in [4.69, 9.17) is 0 Å². The third kappa shape index (κ3) is 4.24. The van der Waals surface area contributed by atoms with E-state index < -0.39 is 0 Å². The Morgan fingerprint density at radius 1 is 1.32 bits per heavy atom. The summed E-state index contributed by atoms with van der Waals surface area (Å²) in [4.78, 5) is 15.1. The fourth-order valence-corrected chi connectivity index (χ4v) is 3.07. The van der Waals surface area contributed by atoms with Crippen LogP contribution in [0, 0.1) is 0 Å². The fourth-order valence-electron chi connectivity index (χ4n) is 3.07. The number of H-pyrrole nitrogens is 1. The lowest BCUT2D eigenvalue weighted by molar-refractivity contribution is -0.121. The normalized spacial score (nSPS) is 17.4. The van der Waals surface area contributed by atoms with E-state index in [0.717, 1.165) is 24.9 Å². The molecule has 3 N–H and O–H groups in total. The van der Waals surface area contributed by atoms with Crippen molar-refractivity contribution < 1.29 is 4.79 Å². The molecule has 1 unspecified atom stereocenters. The first-order valence-corrected chi connectivity index (χ1v) is 7.88. The highest BCUT2D eigenvalue weighted by Gasteiger charge is 2.15. The van der Waals surface area contributed by atoms with Crippen LogP contribution in [0.1, 0.15) is 31.2 Å². The second kappa shape index (κ2) is 8.20. The summed E-state index contributed by atoms with van der Waals surface area (Å²) in [6, 6.07) is 8.82. The molecule has 3 rings (SSSR count). The van der Waals surface area contributed by atoms with Crippen LogP contribution in [0.25, 0.3) is 10.9 Å². The number of fused-ring (bicyclic) bond motifs is 1. The number of halogens is 1. The van der Waals surface area contributed by atoms with Gasteiger partial charge in [-0.2, -0.15) is 0 Å². The van der Waals surface area contributed by atoms with Gasteiger partial charge in [-0.3, -0.25) is 4.79 Å². The minimum absolute atomic E-state index is 0. The van der Waals surface area contributed by atoms with Crippen molar-refractivity contribution >= 4 is 29.2 Å². The predicted molar refractivity (Wildman–Crippen MR) is 92.5 cm³/mol. The first-order valence-electron chi connectivity index (χ1n) is 7.88. The number of benzene rings is 1. The summed E-state index contributed by atoms with van der Waals surface area (Å²) in [7, 11) is 0. The fraction of sp³-hybridized carbons (Fsp3) is 0.471. The number of amides is 1. The number of hydrogen-bond donors (Lipinski definition) is 3. The van der Waals surface area contributed by atoms with E-state index >= 15 is 0 Å². The minimum atomic E-state index is 0. The molecule has 1 aromatic carbocycles. The maximum absolute atomic E-state index is 11.8. The molecule has 0 radical (unpaired) electrons. The van der Waals surface area contributed by atoms with Crippen LogP contribution in [0.3, 0.4) is 0 Å². The van der Waals surface area contributed by atoms with Gasteiger partial charge in [-0.05, 0) is 43.9 Å². The summed E-state index contributed by atoms with van der Waals surface area (Å²) in [6.07, 6.45) is 6.96. The zero-order valence-electron chi connectivity index (χ0n) is 12.7. The average molecular weight is 322 g/mol. The van der Waals surface area contributed by atoms with Crippen molar-refractivity contribution in [2.24, 2.45) is 0 Å². The highest BCUT2D eigenvalue weighted by molar-refractivity contribution is 5.85. The highest BCUT2D eigenvalue weighted by Crippen LogP contribution is 2.17. The maximum atomic E-state index is 11.8. The van der Waals surface area contributed by atoms with Gasteiger partial charge in [0, 0.05) is 36.1 Å². The molecule has 2 aromatic rings. The molecule has 0 bridgehead atoms. The van der Waals surface area contributed by atoms with Crippen LogP contribution in [0.15, 0.2) is 30.5 Å². The van der Waals surface area contributed by atoms with Crippen molar-refractivity contribution in [1.82, 2.24) is 15.6 Å². The van der Waals surface area contributed by atoms with E-state index in [-0.39, 0.29) is 18.3 Å². The molecule has 0 aliphatic carbocycles. The molecule has 1 amide bonds. The third-order valence-electron chi connectivity index (χ3n) is 4.27. The molecule has 5 heteroatoms. The van der Waals surface area contributed by atoms with Crippen molar-refractivity contribution in [1.29, 1.82) is 0 Å². The Balaban J connectivity index is 0.00000176. The van der Waals surface area contributed by atoms with E-state index in [0.29, 0.717) is 19.0 Å². The summed E-state index contributed by atoms with van der Waals surface area (Å²) in [5, 5.41) is 7.71. The standard InChI is InChI=1S/C17H23N3O.ClH/c21-17(8-7-14-4-3-10-18-14)19-11-9-13-12-20-16-6-2-1-5-15(13)16;/h1-2,5-6,12,14,18,20H,3-4,7-11H2,(H,19,21);1H. The lowest BCUT2D eigenvalue weighted by atomic mass is 10.1. The Morgan fingerprint density at radius 3 is 3.00 bits per heavy atom. The number of nitrogens with one attached hydrogen (secondary N) is 3. The number of hydrogen-bond acceptors (Lipinski definition) is 2. The summed E-state index contributed by atoms with van der Waals surface area (Å²) in [5.41, 5.74) is 2.43. The van der Waals surface area contributed by atoms with Crippen LogP contribution < -0.4 is 10.6 Å². The van der Waals surface area contributed by atoms with Crippen LogP contribution in [-0.2, 0) is 11.2 Å². The number of rotatable bonds is 6. The molecule has 0 spiro atoms. The number of carbonyl (C=O) groups excluding carboxylic acids is 1. The van der Waals surface area contributed by atoms with Crippen molar-refractivity contribution in [3.63, 3.8) is 0 Å². The monoisotopic (exact) mass is 321 g/mol. The van der Waals surface area contributed by atoms with Crippen molar-refractivity contribution in [3.8, 4) is 0 Å². The van der Waals surface area contributed by atoms with Gasteiger partial charge in [0.25, 0.3) is 0 Å². The van der Waals surface area contributed by atoms with Gasteiger partial charge >= 0.3 is 0 Å². The van der Waals surface area contributed by atoms with Crippen molar-refractivity contribution in [2.45, 2.75) is 38.1 Å². The number of para-hydroxylation sites is 1. The van der Waals surface area contributed by atoms with Gasteiger partial charge in [0.15, 0.2) is 0 Å². The van der Waals surface area contributed by atoms with Crippen LogP contribution in [0.4, 0.5) is 0 Å². The molecule has 0 saturated carbocycles. The zero-order chi connectivity index (χ0) is 14.5. The van der Waals surface area contributed by atoms with E-state index in [1.165, 1.54) is 23.8 Å². The Kier molecular flexibility index (Phi) is 6.28. The first kappa shape index (κ1) is 16.8. The molecular weight excluding hydrogens is 298 g/mol. The molecule has 1 fully saturated rings. The van der Waals surface area contributed by atoms with E-state index in [2.05, 4.69) is 27.8 Å². The molecule has 1 aliphatic rings. The number of aromatic amines is 1. The van der Waals surface area contributed by atoms with Gasteiger partial charge in [-0.25, -0.2) is 0 Å². The van der Waals surface area contributed by atoms with Gasteiger partial charge in [0.2, 0.25) is 5.91 Å². The molecule has 1 saturated heterocycles. The third-order valence-corrected chi connectivity index (χ3v) is 4.27. The second-order valence-electron chi connectivity index (χ2n) is 5.79. The van der Waals surface area contributed by atoms with Gasteiger partial charge < -0.3 is 15.6 Å². The topological polar surface area (TPSA) is 56.9 Å². The minimum Gasteiger partial charge on any atom is -0.361 e. The second-order valence-corrected chi connectivity index (χ2v) is 5.79. The van der Waals surface area contributed by atoms with Gasteiger partial charge in [0.1, 0.15) is 0 Å². The highest BCUT2D eigenvalue weighted by atomic mass is 35.5. The van der Waals surface area contributed by atoms with Crippen molar-refractivity contribution in [3.05, 3.63) is 36.0 Å². The van der Waals surface area contributed by atoms with Crippen LogP contribution in [0.5, 0.6) is 0 Å². The van der Waals surface area contributed by atoms with Gasteiger partial charge in [0.05, 0.1) is 0 Å². The Bertz CT molecular complexity index is 605. The number of carbonyl (C=O) groups is 1. The van der Waals surface area contributed by atoms with Gasteiger partial charge in [-0.15, -0.1) is 12.4 Å². The van der Waals surface area contributed by atoms with Crippen LogP contribution >= 0.6 is 12.4 Å². The summed E-state index contributed by atoms with van der Waals surface area (Å²) in [6.45, 7) is 1.81. The van der Waals surface area contributed by atoms with Crippen LogP contribution in [0.2, 0.25) is 0 Å². The summed E-state index contributed by atoms with van der Waals surface area (Å²) < 4.78 is 0. The molecule has 120 valence electrons. The van der Waals surface area contributed by atoms with Gasteiger partial charge in [-0.1, -0.05) is 18.2 Å². The predicted octanol–water partition coefficient (Wildman–Crippen LogP) is 2.78. The summed E-state index contributed by atoms with van der Waals surface area (Å²) >= 11 is 0. The molecule has 1 atom stereocenters. The summed E-state index contributed by atoms with van der Waals surface area (Å²) in [5.74, 6) is 0.170. The zero-order valence-corrected chi connectivity index (χ0v) is 13.5. The molecule has 4 nitrogen and oxygen atoms in total. The average Bonchev–Trinajstić information content (AvgIpc) is 3.15. The maximum Gasteiger partial charge on any atom is 0.220 e. The molecule has 2 heterocycles. The Labute approximate surface area is 137 Å². The van der Waals surface area contributed by atoms with E-state index in [1.54, 1.807) is 0 Å². The SMILES string of the molecule is Cl.O=C(CCC1CCCN1)NCCc1c[nH]c2ccccc12. The lowest BCUT2D eigenvalue weighted by Crippen LogP contribution is -2.28. The molecule has 1 aliphatic heterocycles. The van der Waals surface area contributed by atoms with Crippen LogP contribution in [-0.4, -0.2) is 30.0 Å². The number of aromatic nitrogens is 1. The Hall–Kier alpha value is -1.52. The van der Waals surface area contributed by atoms with E-state index in [1.807, 2.05) is 18.3 Å². The quantitative estimate of drug-likeness (QED) is 0.766. The van der Waals surface area contributed by atoms with E-state index in [9.17, 15) is 4.79 Å². The van der Waals surface area contributed by atoms with Crippen molar-refractivity contribution in [2.75, 3.05) is 13.1 Å². The molecule has 1 aromatic heterocycles. The largest absolute Gasteiger partial charge is 0.361 e. The Morgan fingerprint density at radius 2 is 2.18 bits per heavy atom. The molecule has 22 heavy (non-hydrogen) atoms. The lowest BCUT2D eigenvalue weighted by Gasteiger charge is -2.09. The molecular formula is C17H24ClN3O.